The number of ether oxygens (including phenoxy) is 8. The van der Waals surface area contributed by atoms with Crippen LogP contribution in [0.3, 0.4) is 0 Å². The number of hydrogen-bond acceptors (Lipinski definition) is 23. The van der Waals surface area contributed by atoms with Crippen LogP contribution in [0.1, 0.15) is 13.3 Å². The molecule has 15 atom stereocenters. The number of phenolic OH excluding ortho intramolecular Hbond substituents is 2. The average molecular weight is 873 g/mol. The van der Waals surface area contributed by atoms with E-state index in [2.05, 4.69) is 4.74 Å². The number of carboxylic acids is 1. The number of aromatic hydroxyl groups is 2. The van der Waals surface area contributed by atoms with E-state index in [0.29, 0.717) is 0 Å². The van der Waals surface area contributed by atoms with Crippen molar-refractivity contribution in [2.75, 3.05) is 20.0 Å². The molecule has 3 fully saturated rings. The number of hydrogen-bond donors (Lipinski definition) is 12. The monoisotopic (exact) mass is 872 g/mol. The van der Waals surface area contributed by atoms with Crippen molar-refractivity contribution >= 4 is 22.9 Å². The van der Waals surface area contributed by atoms with Crippen molar-refractivity contribution in [1.29, 1.82) is 0 Å². The lowest BCUT2D eigenvalue weighted by molar-refractivity contribution is -0.354. The highest BCUT2D eigenvalue weighted by Gasteiger charge is 2.51. The normalized spacial score (nSPS) is 34.2. The minimum atomic E-state index is -1.98. The van der Waals surface area contributed by atoms with Crippen molar-refractivity contribution in [3.05, 3.63) is 46.6 Å². The third kappa shape index (κ3) is 9.82. The Kier molecular flexibility index (Phi) is 14.3. The Morgan fingerprint density at radius 2 is 1.38 bits per heavy atom. The molecule has 4 heterocycles. The van der Waals surface area contributed by atoms with Crippen molar-refractivity contribution in [3.8, 4) is 34.3 Å². The molecule has 6 rings (SSSR count). The molecule has 3 aliphatic rings. The Hall–Kier alpha value is -4.77. The van der Waals surface area contributed by atoms with Gasteiger partial charge in [0.25, 0.3) is 0 Å². The number of rotatable bonds is 14. The summed E-state index contributed by atoms with van der Waals surface area (Å²) in [5, 5.41) is 124. The summed E-state index contributed by atoms with van der Waals surface area (Å²) < 4.78 is 49.9. The number of carboxylic acid groups (broad SMARTS) is 1. The molecule has 1 aromatic heterocycles. The number of fused-ring (bicyclic) bond motifs is 1. The van der Waals surface area contributed by atoms with E-state index >= 15 is 0 Å². The number of phenols is 2. The zero-order chi connectivity index (χ0) is 44.4. The quantitative estimate of drug-likeness (QED) is 0.0319. The number of esters is 1. The molecule has 61 heavy (non-hydrogen) atoms. The molecule has 12 N–H and O–H groups in total. The Bertz CT molecular complexity index is 2060. The molecule has 24 heteroatoms. The van der Waals surface area contributed by atoms with Crippen molar-refractivity contribution in [3.63, 3.8) is 0 Å². The molecular weight excluding hydrogens is 828 g/mol. The molecule has 0 radical (unpaired) electrons. The first-order chi connectivity index (χ1) is 28.9. The Labute approximate surface area is 342 Å². The fourth-order valence-electron chi connectivity index (χ4n) is 6.66. The number of aliphatic carboxylic acids is 1. The summed E-state index contributed by atoms with van der Waals surface area (Å²) in [4.78, 5) is 36.4. The molecule has 3 aromatic rings. The van der Waals surface area contributed by atoms with E-state index in [4.69, 9.17) is 42.7 Å². The number of carbonyl (C=O) groups is 2. The van der Waals surface area contributed by atoms with Crippen LogP contribution in [-0.4, -0.2) is 185 Å². The van der Waals surface area contributed by atoms with Gasteiger partial charge in [-0.15, -0.1) is 0 Å². The van der Waals surface area contributed by atoms with Gasteiger partial charge in [0.1, 0.15) is 95.7 Å². The Balaban J connectivity index is 1.32. The van der Waals surface area contributed by atoms with E-state index in [1.165, 1.54) is 31.2 Å². The minimum Gasteiger partial charge on any atom is -0.508 e. The third-order valence-electron chi connectivity index (χ3n) is 10.00. The maximum Gasteiger partial charge on any atom is 0.319 e. The van der Waals surface area contributed by atoms with Crippen LogP contribution in [0.2, 0.25) is 0 Å². The van der Waals surface area contributed by atoms with Crippen molar-refractivity contribution < 1.29 is 113 Å². The maximum absolute atomic E-state index is 14.3. The molecule has 0 spiro atoms. The van der Waals surface area contributed by atoms with Crippen LogP contribution in [0.25, 0.3) is 22.3 Å². The van der Waals surface area contributed by atoms with Gasteiger partial charge < -0.3 is 104 Å². The van der Waals surface area contributed by atoms with Gasteiger partial charge >= 0.3 is 11.9 Å². The zero-order valence-corrected chi connectivity index (χ0v) is 31.7. The molecular formula is C37H44O24. The van der Waals surface area contributed by atoms with E-state index in [0.717, 1.165) is 12.1 Å². The predicted molar refractivity (Wildman–Crippen MR) is 193 cm³/mol. The SMILES string of the molecule is CC1OC(OC2C(Oc3c(-c4ccc(O)cc4)oc4cc(OC5OC(COCOC(=O)CC(=O)O)C(O)C(O)C5O)cc(O)c4c3=O)OC(CO)C(O)C2O)C(O)C(O)C1O. The maximum atomic E-state index is 14.3. The molecule has 0 amide bonds. The van der Waals surface area contributed by atoms with Gasteiger partial charge in [-0.3, -0.25) is 14.4 Å². The molecule has 2 aromatic carbocycles. The second-order valence-corrected chi connectivity index (χ2v) is 14.3. The second-order valence-electron chi connectivity index (χ2n) is 14.3. The van der Waals surface area contributed by atoms with Crippen molar-refractivity contribution in [2.45, 2.75) is 105 Å². The van der Waals surface area contributed by atoms with Crippen LogP contribution < -0.4 is 14.9 Å². The van der Waals surface area contributed by atoms with Gasteiger partial charge in [0.15, 0.2) is 24.9 Å². The first-order valence-electron chi connectivity index (χ1n) is 18.5. The van der Waals surface area contributed by atoms with E-state index < -0.39 is 164 Å². The molecule has 3 saturated heterocycles. The minimum absolute atomic E-state index is 0.0572. The fourth-order valence-corrected chi connectivity index (χ4v) is 6.66. The van der Waals surface area contributed by atoms with Crippen LogP contribution in [0.15, 0.2) is 45.6 Å². The number of aliphatic hydroxyl groups excluding tert-OH is 9. The first-order valence-corrected chi connectivity index (χ1v) is 18.5. The average Bonchev–Trinajstić information content (AvgIpc) is 3.21. The lowest BCUT2D eigenvalue weighted by Gasteiger charge is -2.45. The van der Waals surface area contributed by atoms with Gasteiger partial charge in [-0.25, -0.2) is 0 Å². The van der Waals surface area contributed by atoms with E-state index in [1.807, 2.05) is 0 Å². The summed E-state index contributed by atoms with van der Waals surface area (Å²) in [6, 6.07) is 6.99. The molecule has 0 bridgehead atoms. The molecule has 3 aliphatic heterocycles. The van der Waals surface area contributed by atoms with Crippen LogP contribution in [0.5, 0.6) is 23.0 Å². The van der Waals surface area contributed by atoms with Crippen LogP contribution in [0, 0.1) is 0 Å². The fraction of sp³-hybridized carbons (Fsp3) is 0.541. The highest BCUT2D eigenvalue weighted by Crippen LogP contribution is 2.39. The lowest BCUT2D eigenvalue weighted by Crippen LogP contribution is -2.64. The zero-order valence-electron chi connectivity index (χ0n) is 31.7. The topological polar surface area (TPSA) is 381 Å². The summed E-state index contributed by atoms with van der Waals surface area (Å²) in [5.41, 5.74) is -1.45. The Morgan fingerprint density at radius 3 is 2.05 bits per heavy atom. The van der Waals surface area contributed by atoms with E-state index in [1.54, 1.807) is 0 Å². The second kappa shape index (κ2) is 19.1. The number of aliphatic hydroxyl groups is 9. The molecule has 24 nitrogen and oxygen atoms in total. The third-order valence-corrected chi connectivity index (χ3v) is 10.00. The van der Waals surface area contributed by atoms with E-state index in [9.17, 15) is 70.6 Å². The smallest absolute Gasteiger partial charge is 0.319 e. The van der Waals surface area contributed by atoms with Gasteiger partial charge in [-0.05, 0) is 31.2 Å². The standard InChI is InChI=1S/C37H44O24/c1-12-23(44)27(48)30(51)35(55-12)61-34-29(50)24(45)18(9-38)58-37(34)60-33-26(47)22-16(40)6-15(7-17(22)57-32(33)13-2-4-14(39)5-3-13)56-36-31(52)28(49)25(46)19(59-36)10-53-11-54-21(43)8-20(41)42/h2-7,12,18-19,23-25,27-31,34-40,44-46,48-52H,8-11H2,1H3,(H,41,42). The summed E-state index contributed by atoms with van der Waals surface area (Å²) in [7, 11) is 0. The predicted octanol–water partition coefficient (Wildman–Crippen LogP) is -3.92. The number of benzene rings is 2. The first kappa shape index (κ1) is 45.7. The summed E-state index contributed by atoms with van der Waals surface area (Å²) in [6.07, 6.45) is -27.1. The molecule has 0 aliphatic carbocycles. The highest BCUT2D eigenvalue weighted by molar-refractivity contribution is 5.90. The lowest BCUT2D eigenvalue weighted by atomic mass is 9.97. The summed E-state index contributed by atoms with van der Waals surface area (Å²) in [6.45, 7) is -0.855. The van der Waals surface area contributed by atoms with Crippen molar-refractivity contribution in [2.24, 2.45) is 0 Å². The highest BCUT2D eigenvalue weighted by atomic mass is 16.8. The van der Waals surface area contributed by atoms with E-state index in [-0.39, 0.29) is 17.1 Å². The largest absolute Gasteiger partial charge is 0.508 e. The Morgan fingerprint density at radius 1 is 0.738 bits per heavy atom. The summed E-state index contributed by atoms with van der Waals surface area (Å²) >= 11 is 0. The van der Waals surface area contributed by atoms with Crippen molar-refractivity contribution in [1.82, 2.24) is 0 Å². The van der Waals surface area contributed by atoms with Crippen LogP contribution in [0.4, 0.5) is 0 Å². The van der Waals surface area contributed by atoms with Gasteiger partial charge in [-0.2, -0.15) is 0 Å². The van der Waals surface area contributed by atoms with Gasteiger partial charge in [0, 0.05) is 17.7 Å². The molecule has 0 saturated carbocycles. The molecule has 336 valence electrons. The van der Waals surface area contributed by atoms with Gasteiger partial charge in [0.05, 0.1) is 19.3 Å². The van der Waals surface area contributed by atoms with Crippen LogP contribution in [-0.2, 0) is 38.0 Å². The summed E-state index contributed by atoms with van der Waals surface area (Å²) in [5.74, 6) is -5.07. The molecule has 15 unspecified atom stereocenters. The van der Waals surface area contributed by atoms with Gasteiger partial charge in [0.2, 0.25) is 23.8 Å². The van der Waals surface area contributed by atoms with Gasteiger partial charge in [-0.1, -0.05) is 0 Å². The van der Waals surface area contributed by atoms with Crippen LogP contribution >= 0.6 is 0 Å². The number of carbonyl (C=O) groups excluding carboxylic acids is 1.